The molecule has 1 aliphatic carbocycles. The van der Waals surface area contributed by atoms with Gasteiger partial charge >= 0.3 is 0 Å². The van der Waals surface area contributed by atoms with Crippen LogP contribution in [0, 0.1) is 5.92 Å². The summed E-state index contributed by atoms with van der Waals surface area (Å²) in [5.74, 6) is 1.88. The van der Waals surface area contributed by atoms with Crippen molar-refractivity contribution < 1.29 is 28.5 Å². The Morgan fingerprint density at radius 1 is 1.14 bits per heavy atom. The summed E-state index contributed by atoms with van der Waals surface area (Å²) in [5.41, 5.74) is 1.73. The van der Waals surface area contributed by atoms with E-state index in [0.717, 1.165) is 16.9 Å². The van der Waals surface area contributed by atoms with E-state index in [0.29, 0.717) is 44.0 Å². The lowest BCUT2D eigenvalue weighted by molar-refractivity contribution is -0.135. The smallest absolute Gasteiger partial charge is 0.286 e. The molecule has 0 radical (unpaired) electrons. The summed E-state index contributed by atoms with van der Waals surface area (Å²) in [6, 6.07) is 12.8. The maximum atomic E-state index is 13.1. The molecule has 2 aliphatic heterocycles. The summed E-state index contributed by atoms with van der Waals surface area (Å²) < 4.78 is 22.7. The van der Waals surface area contributed by atoms with Crippen molar-refractivity contribution in [1.29, 1.82) is 0 Å². The van der Waals surface area contributed by atoms with Crippen LogP contribution in [0.15, 0.2) is 48.2 Å². The second kappa shape index (κ2) is 9.90. The van der Waals surface area contributed by atoms with Gasteiger partial charge in [0, 0.05) is 11.5 Å². The lowest BCUT2D eigenvalue weighted by Crippen LogP contribution is -2.54. The summed E-state index contributed by atoms with van der Waals surface area (Å²) in [6.07, 6.45) is 3.47. The Hall–Kier alpha value is -3.68. The third kappa shape index (κ3) is 4.92. The average molecular weight is 479 g/mol. The molecule has 184 valence electrons. The highest BCUT2D eigenvalue weighted by molar-refractivity contribution is 5.97. The third-order valence-electron chi connectivity index (χ3n) is 6.83. The number of hydrogen-bond acceptors (Lipinski definition) is 6. The van der Waals surface area contributed by atoms with Crippen LogP contribution in [0.2, 0.25) is 0 Å². The number of carbonyl (C=O) groups excluding carboxylic acids is 2. The van der Waals surface area contributed by atoms with Gasteiger partial charge in [0.1, 0.15) is 25.1 Å². The zero-order valence-electron chi connectivity index (χ0n) is 19.9. The molecule has 4 atom stereocenters. The lowest BCUT2D eigenvalue weighted by Gasteiger charge is -2.40. The second-order valence-electron chi connectivity index (χ2n) is 9.13. The summed E-state index contributed by atoms with van der Waals surface area (Å²) in [5, 5.41) is 6.17. The first-order chi connectivity index (χ1) is 17.0. The molecule has 8 heteroatoms. The van der Waals surface area contributed by atoms with Crippen molar-refractivity contribution >= 4 is 17.9 Å². The second-order valence-corrected chi connectivity index (χ2v) is 9.13. The van der Waals surface area contributed by atoms with Crippen LogP contribution in [0.3, 0.4) is 0 Å². The van der Waals surface area contributed by atoms with Gasteiger partial charge in [-0.1, -0.05) is 24.3 Å². The number of morpholine rings is 1. The van der Waals surface area contributed by atoms with E-state index in [1.54, 1.807) is 13.2 Å². The minimum atomic E-state index is -0.275. The third-order valence-corrected chi connectivity index (χ3v) is 6.83. The van der Waals surface area contributed by atoms with Crippen LogP contribution < -0.4 is 24.8 Å². The minimum absolute atomic E-state index is 0.0181. The fourth-order valence-corrected chi connectivity index (χ4v) is 4.90. The molecule has 4 unspecified atom stereocenters. The van der Waals surface area contributed by atoms with E-state index in [1.165, 1.54) is 0 Å². The fraction of sp³-hybridized carbons (Fsp3) is 0.407. The number of para-hydroxylation sites is 1. The van der Waals surface area contributed by atoms with E-state index in [4.69, 9.17) is 18.9 Å². The van der Waals surface area contributed by atoms with Crippen LogP contribution in [0.1, 0.15) is 43.4 Å². The first-order valence-corrected chi connectivity index (χ1v) is 12.0. The highest BCUT2D eigenvalue weighted by atomic mass is 16.6. The molecule has 2 aromatic carbocycles. The number of ether oxygens (including phenoxy) is 4. The molecule has 35 heavy (non-hydrogen) atoms. The maximum Gasteiger partial charge on any atom is 0.286 e. The van der Waals surface area contributed by atoms with E-state index < -0.39 is 0 Å². The van der Waals surface area contributed by atoms with E-state index >= 15 is 0 Å². The van der Waals surface area contributed by atoms with Crippen LogP contribution in [0.5, 0.6) is 17.2 Å². The molecule has 3 aliphatic rings. The van der Waals surface area contributed by atoms with Crippen molar-refractivity contribution in [2.45, 2.75) is 44.4 Å². The monoisotopic (exact) mass is 478 g/mol. The Morgan fingerprint density at radius 2 is 1.94 bits per heavy atom. The predicted octanol–water partition coefficient (Wildman–Crippen LogP) is 3.37. The maximum absolute atomic E-state index is 13.1. The molecule has 1 saturated heterocycles. The molecule has 2 fully saturated rings. The zero-order chi connectivity index (χ0) is 24.4. The summed E-state index contributed by atoms with van der Waals surface area (Å²) in [7, 11) is 1.59. The van der Waals surface area contributed by atoms with Gasteiger partial charge in [0.25, 0.3) is 5.91 Å². The van der Waals surface area contributed by atoms with Crippen molar-refractivity contribution in [2.75, 3.05) is 20.3 Å². The van der Waals surface area contributed by atoms with Crippen LogP contribution in [0.4, 0.5) is 0 Å². The zero-order valence-corrected chi connectivity index (χ0v) is 19.9. The largest absolute Gasteiger partial charge is 0.496 e. The summed E-state index contributed by atoms with van der Waals surface area (Å²) >= 11 is 0. The molecule has 2 N–H and O–H groups in total. The number of fused-ring (bicyclic) bond motifs is 2. The van der Waals surface area contributed by atoms with Gasteiger partial charge in [-0.05, 0) is 56.0 Å². The molecule has 2 heterocycles. The first-order valence-electron chi connectivity index (χ1n) is 12.0. The van der Waals surface area contributed by atoms with Gasteiger partial charge in [-0.25, -0.2) is 0 Å². The Balaban J connectivity index is 1.20. The van der Waals surface area contributed by atoms with Crippen LogP contribution in [0.25, 0.3) is 6.08 Å². The number of carbonyl (C=O) groups is 2. The van der Waals surface area contributed by atoms with E-state index in [1.807, 2.05) is 49.4 Å². The van der Waals surface area contributed by atoms with Gasteiger partial charge in [0.2, 0.25) is 5.91 Å². The van der Waals surface area contributed by atoms with Gasteiger partial charge in [0.05, 0.1) is 19.2 Å². The Kier molecular flexibility index (Phi) is 6.53. The lowest BCUT2D eigenvalue weighted by atomic mass is 9.82. The molecular weight excluding hydrogens is 448 g/mol. The number of methoxy groups -OCH3 is 1. The first kappa shape index (κ1) is 23.1. The fourth-order valence-electron chi connectivity index (χ4n) is 4.90. The van der Waals surface area contributed by atoms with Gasteiger partial charge in [-0.3, -0.25) is 9.59 Å². The van der Waals surface area contributed by atoms with Crippen LogP contribution in [-0.4, -0.2) is 44.3 Å². The molecule has 5 rings (SSSR count). The number of nitrogens with one attached hydrogen (secondary N) is 2. The Bertz CT molecular complexity index is 1150. The van der Waals surface area contributed by atoms with Gasteiger partial charge in [0.15, 0.2) is 17.3 Å². The van der Waals surface area contributed by atoms with E-state index in [9.17, 15) is 9.59 Å². The number of rotatable bonds is 5. The quantitative estimate of drug-likeness (QED) is 0.640. The molecule has 0 spiro atoms. The van der Waals surface area contributed by atoms with Crippen LogP contribution >= 0.6 is 0 Å². The average Bonchev–Trinajstić information content (AvgIpc) is 2.88. The van der Waals surface area contributed by atoms with Crippen molar-refractivity contribution in [2.24, 2.45) is 5.92 Å². The van der Waals surface area contributed by atoms with Crippen molar-refractivity contribution in [3.8, 4) is 17.2 Å². The molecule has 8 nitrogen and oxygen atoms in total. The van der Waals surface area contributed by atoms with Crippen molar-refractivity contribution in [3.63, 3.8) is 0 Å². The van der Waals surface area contributed by atoms with E-state index in [2.05, 4.69) is 10.6 Å². The Labute approximate surface area is 204 Å². The van der Waals surface area contributed by atoms with Gasteiger partial charge < -0.3 is 29.6 Å². The predicted molar refractivity (Wildman–Crippen MR) is 129 cm³/mol. The molecule has 2 amide bonds. The number of hydrogen-bond donors (Lipinski definition) is 2. The standard InChI is InChI=1S/C27H30N2O6/c1-16(17-7-10-23-24(14-17)34-12-11-33-23)28-26(30)19-8-9-22-20(13-19)29-27(31)25(35-22)15-18-5-3-4-6-21(18)32-2/h3-7,10,14-16,19-20,22H,8-9,11-13H2,1-2H3,(H,28,30)(H,29,31)/b25-15+. The molecule has 0 aromatic heterocycles. The normalized spacial score (nSPS) is 25.0. The number of benzene rings is 2. The summed E-state index contributed by atoms with van der Waals surface area (Å²) in [4.78, 5) is 25.8. The molecular formula is C27H30N2O6. The molecule has 1 saturated carbocycles. The van der Waals surface area contributed by atoms with Gasteiger partial charge in [-0.15, -0.1) is 0 Å². The highest BCUT2D eigenvalue weighted by Crippen LogP contribution is 2.34. The van der Waals surface area contributed by atoms with E-state index in [-0.39, 0.29) is 41.7 Å². The number of amides is 2. The molecule has 0 bridgehead atoms. The Morgan fingerprint density at radius 3 is 2.77 bits per heavy atom. The van der Waals surface area contributed by atoms with Crippen LogP contribution in [-0.2, 0) is 14.3 Å². The van der Waals surface area contributed by atoms with Gasteiger partial charge in [-0.2, -0.15) is 0 Å². The van der Waals surface area contributed by atoms with Crippen molar-refractivity contribution in [3.05, 3.63) is 59.4 Å². The SMILES string of the molecule is COc1ccccc1/C=C1/OC2CCC(C(=O)NC(C)c3ccc4c(c3)OCCO4)CC2NC1=O. The molecule has 2 aromatic rings. The van der Waals surface area contributed by atoms with Crippen molar-refractivity contribution in [1.82, 2.24) is 10.6 Å². The minimum Gasteiger partial charge on any atom is -0.496 e. The topological polar surface area (TPSA) is 95.1 Å². The summed E-state index contributed by atoms with van der Waals surface area (Å²) in [6.45, 7) is 3.02. The highest BCUT2D eigenvalue weighted by Gasteiger charge is 2.40.